The molecule has 0 spiro atoms. The fraction of sp³-hybridized carbons (Fsp3) is 0.909. The summed E-state index contributed by atoms with van der Waals surface area (Å²) in [5, 5.41) is 4.24. The van der Waals surface area contributed by atoms with Gasteiger partial charge in [-0.1, -0.05) is 12.8 Å². The van der Waals surface area contributed by atoms with Crippen molar-refractivity contribution >= 4 is 5.91 Å². The Morgan fingerprint density at radius 2 is 2.07 bits per heavy atom. The van der Waals surface area contributed by atoms with E-state index in [2.05, 4.69) is 5.01 Å². The van der Waals surface area contributed by atoms with E-state index in [9.17, 15) is 4.79 Å². The summed E-state index contributed by atoms with van der Waals surface area (Å²) in [6.07, 6.45) is 6.76. The third-order valence-electron chi connectivity index (χ3n) is 3.47. The Kier molecular flexibility index (Phi) is 3.59. The van der Waals surface area contributed by atoms with E-state index >= 15 is 0 Å². The molecule has 4 heteroatoms. The SMILES string of the molecule is NCCCN1C(=O)CCN1C1CCCC1. The van der Waals surface area contributed by atoms with Gasteiger partial charge in [0.1, 0.15) is 0 Å². The molecule has 1 amide bonds. The van der Waals surface area contributed by atoms with Crippen LogP contribution in [0.25, 0.3) is 0 Å². The van der Waals surface area contributed by atoms with Crippen molar-refractivity contribution in [3.8, 4) is 0 Å². The minimum Gasteiger partial charge on any atom is -0.330 e. The van der Waals surface area contributed by atoms with Gasteiger partial charge in [0.05, 0.1) is 0 Å². The third kappa shape index (κ3) is 2.32. The molecule has 0 aromatic carbocycles. The summed E-state index contributed by atoms with van der Waals surface area (Å²) in [4.78, 5) is 11.7. The predicted octanol–water partition coefficient (Wildman–Crippen LogP) is 0.727. The van der Waals surface area contributed by atoms with Gasteiger partial charge in [-0.15, -0.1) is 0 Å². The van der Waals surface area contributed by atoms with Gasteiger partial charge >= 0.3 is 0 Å². The average Bonchev–Trinajstić information content (AvgIpc) is 2.84. The highest BCUT2D eigenvalue weighted by atomic mass is 16.2. The van der Waals surface area contributed by atoms with Crippen LogP contribution in [0.15, 0.2) is 0 Å². The summed E-state index contributed by atoms with van der Waals surface area (Å²) in [5.41, 5.74) is 5.49. The smallest absolute Gasteiger partial charge is 0.238 e. The molecule has 1 saturated heterocycles. The molecule has 0 radical (unpaired) electrons. The normalized spacial score (nSPS) is 24.3. The molecule has 4 nitrogen and oxygen atoms in total. The molecule has 15 heavy (non-hydrogen) atoms. The molecule has 1 aliphatic carbocycles. The molecule has 0 unspecified atom stereocenters. The number of hydrazine groups is 1. The van der Waals surface area contributed by atoms with E-state index in [1.54, 1.807) is 0 Å². The summed E-state index contributed by atoms with van der Waals surface area (Å²) >= 11 is 0. The maximum absolute atomic E-state index is 11.7. The lowest BCUT2D eigenvalue weighted by Crippen LogP contribution is -2.45. The molecule has 2 fully saturated rings. The molecule has 0 atom stereocenters. The van der Waals surface area contributed by atoms with Crippen LogP contribution in [0.3, 0.4) is 0 Å². The highest BCUT2D eigenvalue weighted by Gasteiger charge is 2.34. The number of nitrogens with two attached hydrogens (primary N) is 1. The number of carbonyl (C=O) groups excluding carboxylic acids is 1. The second-order valence-electron chi connectivity index (χ2n) is 4.51. The van der Waals surface area contributed by atoms with E-state index in [-0.39, 0.29) is 5.91 Å². The van der Waals surface area contributed by atoms with E-state index in [1.807, 2.05) is 5.01 Å². The number of amides is 1. The van der Waals surface area contributed by atoms with Gasteiger partial charge in [-0.05, 0) is 25.8 Å². The summed E-state index contributed by atoms with van der Waals surface area (Å²) in [6.45, 7) is 2.40. The lowest BCUT2D eigenvalue weighted by atomic mass is 10.2. The van der Waals surface area contributed by atoms with Crippen LogP contribution < -0.4 is 5.73 Å². The fourth-order valence-corrected chi connectivity index (χ4v) is 2.68. The minimum atomic E-state index is 0.287. The van der Waals surface area contributed by atoms with Crippen LogP contribution in [-0.2, 0) is 4.79 Å². The average molecular weight is 211 g/mol. The van der Waals surface area contributed by atoms with Crippen molar-refractivity contribution in [2.45, 2.75) is 44.6 Å². The summed E-state index contributed by atoms with van der Waals surface area (Å²) in [5.74, 6) is 0.287. The van der Waals surface area contributed by atoms with E-state index in [1.165, 1.54) is 25.7 Å². The van der Waals surface area contributed by atoms with Gasteiger partial charge in [0.15, 0.2) is 0 Å². The van der Waals surface area contributed by atoms with Crippen LogP contribution in [0.2, 0.25) is 0 Å². The van der Waals surface area contributed by atoms with E-state index < -0.39 is 0 Å². The molecular weight excluding hydrogens is 190 g/mol. The largest absolute Gasteiger partial charge is 0.330 e. The summed E-state index contributed by atoms with van der Waals surface area (Å²) < 4.78 is 0. The number of carbonyl (C=O) groups is 1. The first-order chi connectivity index (χ1) is 7.33. The van der Waals surface area contributed by atoms with Gasteiger partial charge in [-0.3, -0.25) is 9.80 Å². The second-order valence-corrected chi connectivity index (χ2v) is 4.51. The van der Waals surface area contributed by atoms with E-state index in [0.29, 0.717) is 19.0 Å². The molecule has 0 aromatic rings. The van der Waals surface area contributed by atoms with E-state index in [0.717, 1.165) is 19.5 Å². The second kappa shape index (κ2) is 4.94. The van der Waals surface area contributed by atoms with Gasteiger partial charge in [0.25, 0.3) is 0 Å². The molecule has 0 bridgehead atoms. The predicted molar refractivity (Wildman–Crippen MR) is 59.0 cm³/mol. The number of nitrogens with zero attached hydrogens (tertiary/aromatic N) is 2. The van der Waals surface area contributed by atoms with Crippen molar-refractivity contribution in [2.24, 2.45) is 5.73 Å². The zero-order valence-corrected chi connectivity index (χ0v) is 9.32. The highest BCUT2D eigenvalue weighted by molar-refractivity contribution is 5.77. The summed E-state index contributed by atoms with van der Waals surface area (Å²) in [7, 11) is 0. The van der Waals surface area contributed by atoms with Crippen LogP contribution >= 0.6 is 0 Å². The number of hydrogen-bond acceptors (Lipinski definition) is 3. The third-order valence-corrected chi connectivity index (χ3v) is 3.47. The van der Waals surface area contributed by atoms with Crippen molar-refractivity contribution in [1.82, 2.24) is 10.0 Å². The van der Waals surface area contributed by atoms with Crippen molar-refractivity contribution in [3.63, 3.8) is 0 Å². The first-order valence-corrected chi connectivity index (χ1v) is 6.10. The van der Waals surface area contributed by atoms with Gasteiger partial charge in [0, 0.05) is 25.6 Å². The Bertz CT molecular complexity index is 226. The van der Waals surface area contributed by atoms with Crippen LogP contribution in [-0.4, -0.2) is 41.6 Å². The molecule has 2 N–H and O–H groups in total. The van der Waals surface area contributed by atoms with Gasteiger partial charge in [-0.2, -0.15) is 0 Å². The molecule has 1 saturated carbocycles. The Balaban J connectivity index is 1.93. The van der Waals surface area contributed by atoms with Crippen LogP contribution in [0.4, 0.5) is 0 Å². The van der Waals surface area contributed by atoms with Gasteiger partial charge in [-0.25, -0.2) is 5.01 Å². The maximum Gasteiger partial charge on any atom is 0.238 e. The molecule has 1 heterocycles. The molecule has 86 valence electrons. The van der Waals surface area contributed by atoms with E-state index in [4.69, 9.17) is 5.73 Å². The standard InChI is InChI=1S/C11H21N3O/c12-7-3-8-14-11(15)6-9-13(14)10-4-1-2-5-10/h10H,1-9,12H2. The van der Waals surface area contributed by atoms with Crippen LogP contribution in [0.1, 0.15) is 38.5 Å². The number of rotatable bonds is 4. The minimum absolute atomic E-state index is 0.287. The molecular formula is C11H21N3O. The molecule has 2 rings (SSSR count). The Morgan fingerprint density at radius 3 is 2.73 bits per heavy atom. The quantitative estimate of drug-likeness (QED) is 0.745. The lowest BCUT2D eigenvalue weighted by molar-refractivity contribution is -0.140. The summed E-state index contributed by atoms with van der Waals surface area (Å²) in [6, 6.07) is 0.620. The van der Waals surface area contributed by atoms with Crippen molar-refractivity contribution < 1.29 is 4.79 Å². The Hall–Kier alpha value is -0.610. The topological polar surface area (TPSA) is 49.6 Å². The van der Waals surface area contributed by atoms with Crippen molar-refractivity contribution in [2.75, 3.05) is 19.6 Å². The molecule has 2 aliphatic rings. The maximum atomic E-state index is 11.7. The Morgan fingerprint density at radius 1 is 1.33 bits per heavy atom. The Labute approximate surface area is 91.4 Å². The zero-order chi connectivity index (χ0) is 10.7. The highest BCUT2D eigenvalue weighted by Crippen LogP contribution is 2.27. The molecule has 1 aliphatic heterocycles. The van der Waals surface area contributed by atoms with Crippen LogP contribution in [0.5, 0.6) is 0 Å². The van der Waals surface area contributed by atoms with Crippen LogP contribution in [0, 0.1) is 0 Å². The lowest BCUT2D eigenvalue weighted by Gasteiger charge is -2.32. The monoisotopic (exact) mass is 211 g/mol. The van der Waals surface area contributed by atoms with Crippen molar-refractivity contribution in [3.05, 3.63) is 0 Å². The van der Waals surface area contributed by atoms with Gasteiger partial charge < -0.3 is 5.73 Å². The van der Waals surface area contributed by atoms with Crippen molar-refractivity contribution in [1.29, 1.82) is 0 Å². The fourth-order valence-electron chi connectivity index (χ4n) is 2.68. The zero-order valence-electron chi connectivity index (χ0n) is 9.32. The van der Waals surface area contributed by atoms with Gasteiger partial charge in [0.2, 0.25) is 5.91 Å². The first-order valence-electron chi connectivity index (χ1n) is 6.10. The number of hydrogen-bond donors (Lipinski definition) is 1. The first kappa shape index (κ1) is 10.9. The molecule has 0 aromatic heterocycles.